The molecular weight excluding hydrogens is 430 g/mol. The predicted octanol–water partition coefficient (Wildman–Crippen LogP) is 2.70. The standard InChI is InChI=1S/C24H25NO8/c1-14(26)33-17-7-5-6-15(12-17)21-20(23(28)24(29)25(21)10-11-30-2)22(27)16-8-9-18(31-3)19(13-16)32-4/h5-9,12-13,21,27H,10-11H2,1-4H3/b22-20+. The second-order valence-electron chi connectivity index (χ2n) is 7.22. The van der Waals surface area contributed by atoms with Gasteiger partial charge in [0.2, 0.25) is 0 Å². The van der Waals surface area contributed by atoms with Gasteiger partial charge in [-0.05, 0) is 35.9 Å². The highest BCUT2D eigenvalue weighted by atomic mass is 16.5. The van der Waals surface area contributed by atoms with Gasteiger partial charge >= 0.3 is 5.97 Å². The molecule has 1 fully saturated rings. The van der Waals surface area contributed by atoms with Gasteiger partial charge in [-0.3, -0.25) is 14.4 Å². The van der Waals surface area contributed by atoms with Crippen molar-refractivity contribution in [3.63, 3.8) is 0 Å². The number of aliphatic hydroxyl groups is 1. The Morgan fingerprint density at radius 3 is 2.39 bits per heavy atom. The van der Waals surface area contributed by atoms with Crippen molar-refractivity contribution in [3.8, 4) is 17.2 Å². The summed E-state index contributed by atoms with van der Waals surface area (Å²) in [7, 11) is 4.41. The van der Waals surface area contributed by atoms with Crippen molar-refractivity contribution in [2.75, 3.05) is 34.5 Å². The number of rotatable bonds is 8. The number of ketones is 1. The average Bonchev–Trinajstić information content (AvgIpc) is 3.06. The van der Waals surface area contributed by atoms with E-state index in [2.05, 4.69) is 0 Å². The van der Waals surface area contributed by atoms with Crippen LogP contribution in [0.2, 0.25) is 0 Å². The number of methoxy groups -OCH3 is 3. The van der Waals surface area contributed by atoms with E-state index in [-0.39, 0.29) is 35.8 Å². The van der Waals surface area contributed by atoms with E-state index >= 15 is 0 Å². The molecule has 0 aromatic heterocycles. The number of amides is 1. The molecule has 174 valence electrons. The fourth-order valence-corrected chi connectivity index (χ4v) is 3.70. The van der Waals surface area contributed by atoms with Crippen LogP contribution in [0.4, 0.5) is 0 Å². The molecule has 0 radical (unpaired) electrons. The lowest BCUT2D eigenvalue weighted by Gasteiger charge is -2.25. The zero-order chi connectivity index (χ0) is 24.1. The lowest BCUT2D eigenvalue weighted by molar-refractivity contribution is -0.140. The highest BCUT2D eigenvalue weighted by Gasteiger charge is 2.46. The number of carbonyl (C=O) groups excluding carboxylic acids is 3. The first kappa shape index (κ1) is 23.8. The Hall–Kier alpha value is -3.85. The molecule has 0 bridgehead atoms. The Kier molecular flexibility index (Phi) is 7.34. The Morgan fingerprint density at radius 1 is 1.03 bits per heavy atom. The second-order valence-corrected chi connectivity index (χ2v) is 7.22. The summed E-state index contributed by atoms with van der Waals surface area (Å²) in [6, 6.07) is 10.2. The molecule has 2 aromatic rings. The smallest absolute Gasteiger partial charge is 0.308 e. The second kappa shape index (κ2) is 10.2. The molecule has 1 unspecified atom stereocenters. The van der Waals surface area contributed by atoms with Gasteiger partial charge in [0, 0.05) is 26.1 Å². The van der Waals surface area contributed by atoms with Gasteiger partial charge in [-0.15, -0.1) is 0 Å². The maximum Gasteiger partial charge on any atom is 0.308 e. The number of hydrogen-bond acceptors (Lipinski definition) is 8. The van der Waals surface area contributed by atoms with Crippen molar-refractivity contribution in [2.45, 2.75) is 13.0 Å². The van der Waals surface area contributed by atoms with E-state index in [1.807, 2.05) is 0 Å². The van der Waals surface area contributed by atoms with E-state index < -0.39 is 23.7 Å². The fourth-order valence-electron chi connectivity index (χ4n) is 3.70. The minimum Gasteiger partial charge on any atom is -0.507 e. The topological polar surface area (TPSA) is 112 Å². The molecule has 1 heterocycles. The molecule has 1 amide bonds. The number of Topliss-reactive ketones (excluding diaryl/α,β-unsaturated/α-hetero) is 1. The molecule has 1 aliphatic heterocycles. The Balaban J connectivity index is 2.18. The Morgan fingerprint density at radius 2 is 1.76 bits per heavy atom. The number of aliphatic hydroxyl groups excluding tert-OH is 1. The van der Waals surface area contributed by atoms with E-state index in [0.29, 0.717) is 17.1 Å². The third-order valence-corrected chi connectivity index (χ3v) is 5.17. The molecule has 0 aliphatic carbocycles. The van der Waals surface area contributed by atoms with Crippen molar-refractivity contribution in [2.24, 2.45) is 0 Å². The first-order chi connectivity index (χ1) is 15.8. The third-order valence-electron chi connectivity index (χ3n) is 5.17. The van der Waals surface area contributed by atoms with Crippen LogP contribution in [0, 0.1) is 0 Å². The van der Waals surface area contributed by atoms with Gasteiger partial charge in [0.1, 0.15) is 11.5 Å². The van der Waals surface area contributed by atoms with Crippen molar-refractivity contribution < 1.29 is 38.4 Å². The number of carbonyl (C=O) groups is 3. The van der Waals surface area contributed by atoms with Crippen LogP contribution in [0.3, 0.4) is 0 Å². The molecule has 0 saturated carbocycles. The Labute approximate surface area is 191 Å². The Bertz CT molecular complexity index is 1110. The molecule has 0 spiro atoms. The lowest BCUT2D eigenvalue weighted by atomic mass is 9.95. The van der Waals surface area contributed by atoms with Crippen LogP contribution in [0.15, 0.2) is 48.0 Å². The van der Waals surface area contributed by atoms with Gasteiger partial charge in [-0.2, -0.15) is 0 Å². The zero-order valence-electron chi connectivity index (χ0n) is 18.8. The van der Waals surface area contributed by atoms with Gasteiger partial charge in [0.15, 0.2) is 11.5 Å². The SMILES string of the molecule is COCCN1C(=O)C(=O)/C(=C(/O)c2ccc(OC)c(OC)c2)C1c1cccc(OC(C)=O)c1. The van der Waals surface area contributed by atoms with Gasteiger partial charge in [0.25, 0.3) is 11.7 Å². The number of likely N-dealkylation sites (tertiary alicyclic amines) is 1. The van der Waals surface area contributed by atoms with Gasteiger partial charge in [-0.1, -0.05) is 12.1 Å². The summed E-state index contributed by atoms with van der Waals surface area (Å²) < 4.78 is 20.8. The number of nitrogens with zero attached hydrogens (tertiary/aromatic N) is 1. The largest absolute Gasteiger partial charge is 0.507 e. The molecular formula is C24H25NO8. The minimum absolute atomic E-state index is 0.0942. The van der Waals surface area contributed by atoms with Gasteiger partial charge in [-0.25, -0.2) is 0 Å². The number of benzene rings is 2. The van der Waals surface area contributed by atoms with E-state index in [4.69, 9.17) is 18.9 Å². The summed E-state index contributed by atoms with van der Waals surface area (Å²) >= 11 is 0. The molecule has 2 aromatic carbocycles. The van der Waals surface area contributed by atoms with Crippen LogP contribution in [0.1, 0.15) is 24.1 Å². The number of ether oxygens (including phenoxy) is 4. The van der Waals surface area contributed by atoms with E-state index in [1.54, 1.807) is 36.4 Å². The van der Waals surface area contributed by atoms with E-state index in [1.165, 1.54) is 39.2 Å². The maximum absolute atomic E-state index is 13.0. The molecule has 1 atom stereocenters. The first-order valence-electron chi connectivity index (χ1n) is 10.1. The number of esters is 1. The summed E-state index contributed by atoms with van der Waals surface area (Å²) in [5, 5.41) is 11.1. The summed E-state index contributed by atoms with van der Waals surface area (Å²) in [4.78, 5) is 38.6. The molecule has 33 heavy (non-hydrogen) atoms. The van der Waals surface area contributed by atoms with Crippen molar-refractivity contribution >= 4 is 23.4 Å². The minimum atomic E-state index is -0.913. The van der Waals surface area contributed by atoms with Crippen LogP contribution in [0.25, 0.3) is 5.76 Å². The molecule has 1 aliphatic rings. The van der Waals surface area contributed by atoms with Crippen molar-refractivity contribution in [3.05, 3.63) is 59.2 Å². The fraction of sp³-hybridized carbons (Fsp3) is 0.292. The van der Waals surface area contributed by atoms with Crippen molar-refractivity contribution in [1.29, 1.82) is 0 Å². The normalized spacial score (nSPS) is 17.2. The van der Waals surface area contributed by atoms with E-state index in [9.17, 15) is 19.5 Å². The predicted molar refractivity (Wildman–Crippen MR) is 118 cm³/mol. The van der Waals surface area contributed by atoms with Crippen LogP contribution < -0.4 is 14.2 Å². The van der Waals surface area contributed by atoms with Gasteiger partial charge < -0.3 is 29.0 Å². The molecule has 9 heteroatoms. The van der Waals surface area contributed by atoms with Gasteiger partial charge in [0.05, 0.1) is 32.4 Å². The van der Waals surface area contributed by atoms with E-state index in [0.717, 1.165) is 0 Å². The van der Waals surface area contributed by atoms with Crippen LogP contribution in [-0.4, -0.2) is 62.1 Å². The maximum atomic E-state index is 13.0. The van der Waals surface area contributed by atoms with Crippen LogP contribution in [-0.2, 0) is 19.1 Å². The summed E-state index contributed by atoms with van der Waals surface area (Å²) in [6.07, 6.45) is 0. The quantitative estimate of drug-likeness (QED) is 0.213. The average molecular weight is 455 g/mol. The summed E-state index contributed by atoms with van der Waals surface area (Å²) in [5.41, 5.74) is 0.674. The zero-order valence-corrected chi connectivity index (χ0v) is 18.8. The summed E-state index contributed by atoms with van der Waals surface area (Å²) in [6.45, 7) is 1.57. The number of hydrogen-bond donors (Lipinski definition) is 1. The molecule has 1 N–H and O–H groups in total. The molecule has 9 nitrogen and oxygen atoms in total. The highest BCUT2D eigenvalue weighted by Crippen LogP contribution is 2.41. The monoisotopic (exact) mass is 455 g/mol. The highest BCUT2D eigenvalue weighted by molar-refractivity contribution is 6.46. The molecule has 1 saturated heterocycles. The third kappa shape index (κ3) is 4.83. The first-order valence-corrected chi connectivity index (χ1v) is 10.1. The summed E-state index contributed by atoms with van der Waals surface area (Å²) in [5.74, 6) is -1.42. The van der Waals surface area contributed by atoms with Crippen LogP contribution >= 0.6 is 0 Å². The van der Waals surface area contributed by atoms with Crippen LogP contribution in [0.5, 0.6) is 17.2 Å². The van der Waals surface area contributed by atoms with Crippen molar-refractivity contribution in [1.82, 2.24) is 4.90 Å². The lowest BCUT2D eigenvalue weighted by Crippen LogP contribution is -2.32. The molecule has 3 rings (SSSR count).